The zero-order valence-corrected chi connectivity index (χ0v) is 10.2. The molecule has 2 amide bonds. The summed E-state index contributed by atoms with van der Waals surface area (Å²) in [6, 6.07) is 1.36. The van der Waals surface area contributed by atoms with Crippen LogP contribution < -0.4 is 0 Å². The molecule has 0 aliphatic carbocycles. The fourth-order valence-corrected chi connectivity index (χ4v) is 1.89. The average Bonchev–Trinajstić information content (AvgIpc) is 2.51. The lowest BCUT2D eigenvalue weighted by molar-refractivity contribution is -0.129. The number of amides is 2. The highest BCUT2D eigenvalue weighted by atomic mass is 16.3. The van der Waals surface area contributed by atoms with Crippen LogP contribution >= 0.6 is 0 Å². The molecule has 1 aromatic rings. The number of carbonyl (C=O) groups is 2. The Labute approximate surface area is 105 Å². The molecule has 0 atom stereocenters. The van der Waals surface area contributed by atoms with Crippen molar-refractivity contribution in [1.29, 1.82) is 0 Å². The van der Waals surface area contributed by atoms with Crippen LogP contribution in [0.4, 0.5) is 0 Å². The molecule has 0 radical (unpaired) electrons. The molecule has 6 nitrogen and oxygen atoms in total. The molecule has 1 N–H and O–H groups in total. The van der Waals surface area contributed by atoms with Crippen LogP contribution in [0.5, 0.6) is 5.75 Å². The Hall–Kier alpha value is -2.11. The predicted molar refractivity (Wildman–Crippen MR) is 64.1 cm³/mol. The van der Waals surface area contributed by atoms with Crippen molar-refractivity contribution in [3.8, 4) is 5.75 Å². The summed E-state index contributed by atoms with van der Waals surface area (Å²) in [6.07, 6.45) is 3.40. The first-order valence-electron chi connectivity index (χ1n) is 5.75. The molecule has 1 saturated heterocycles. The van der Waals surface area contributed by atoms with Gasteiger partial charge in [0.05, 0.1) is 11.8 Å². The molecule has 0 saturated carbocycles. The summed E-state index contributed by atoms with van der Waals surface area (Å²) >= 11 is 0. The third-order valence-corrected chi connectivity index (χ3v) is 2.93. The molecule has 1 aliphatic rings. The van der Waals surface area contributed by atoms with Gasteiger partial charge in [0.2, 0.25) is 5.91 Å². The molecule has 1 fully saturated rings. The van der Waals surface area contributed by atoms with E-state index in [9.17, 15) is 14.7 Å². The van der Waals surface area contributed by atoms with Gasteiger partial charge in [-0.15, -0.1) is 0 Å². The topological polar surface area (TPSA) is 73.7 Å². The number of rotatable bonds is 1. The van der Waals surface area contributed by atoms with Crippen LogP contribution in [0.15, 0.2) is 18.5 Å². The summed E-state index contributed by atoms with van der Waals surface area (Å²) in [5.41, 5.74) is 0.298. The van der Waals surface area contributed by atoms with Crippen molar-refractivity contribution in [2.75, 3.05) is 26.7 Å². The van der Waals surface area contributed by atoms with Crippen LogP contribution in [-0.4, -0.2) is 58.4 Å². The SMILES string of the molecule is CN1CCCN(C(=O)c2cncc(O)c2)CC1=O. The summed E-state index contributed by atoms with van der Waals surface area (Å²) in [5, 5.41) is 9.30. The predicted octanol–water partition coefficient (Wildman–Crippen LogP) is 0.0915. The molecule has 1 aliphatic heterocycles. The number of likely N-dealkylation sites (N-methyl/N-ethyl adjacent to an activating group) is 1. The first kappa shape index (κ1) is 12.3. The maximum absolute atomic E-state index is 12.2. The van der Waals surface area contributed by atoms with Crippen LogP contribution in [-0.2, 0) is 4.79 Å². The Morgan fingerprint density at radius 3 is 2.89 bits per heavy atom. The van der Waals surface area contributed by atoms with E-state index in [1.165, 1.54) is 23.4 Å². The van der Waals surface area contributed by atoms with Gasteiger partial charge in [0, 0.05) is 26.3 Å². The van der Waals surface area contributed by atoms with E-state index in [1.807, 2.05) is 0 Å². The third kappa shape index (κ3) is 2.58. The third-order valence-electron chi connectivity index (χ3n) is 2.93. The van der Waals surface area contributed by atoms with E-state index in [4.69, 9.17) is 0 Å². The molecule has 1 aromatic heterocycles. The molecule has 0 bridgehead atoms. The Kier molecular flexibility index (Phi) is 3.45. The van der Waals surface area contributed by atoms with Crippen molar-refractivity contribution in [1.82, 2.24) is 14.8 Å². The molecule has 0 spiro atoms. The number of aromatic nitrogens is 1. The fourth-order valence-electron chi connectivity index (χ4n) is 1.89. The summed E-state index contributed by atoms with van der Waals surface area (Å²) in [6.45, 7) is 1.26. The number of aromatic hydroxyl groups is 1. The number of carbonyl (C=O) groups excluding carboxylic acids is 2. The van der Waals surface area contributed by atoms with Crippen molar-refractivity contribution in [3.63, 3.8) is 0 Å². The van der Waals surface area contributed by atoms with Crippen molar-refractivity contribution in [2.24, 2.45) is 0 Å². The van der Waals surface area contributed by atoms with E-state index in [2.05, 4.69) is 4.98 Å². The lowest BCUT2D eigenvalue weighted by atomic mass is 10.2. The summed E-state index contributed by atoms with van der Waals surface area (Å²) in [4.78, 5) is 30.7. The highest BCUT2D eigenvalue weighted by Crippen LogP contribution is 2.12. The molecule has 2 heterocycles. The summed E-state index contributed by atoms with van der Waals surface area (Å²) in [7, 11) is 1.73. The van der Waals surface area contributed by atoms with Crippen LogP contribution in [0, 0.1) is 0 Å². The molecule has 18 heavy (non-hydrogen) atoms. The maximum atomic E-state index is 12.2. The van der Waals surface area contributed by atoms with E-state index in [1.54, 1.807) is 11.9 Å². The lowest BCUT2D eigenvalue weighted by Gasteiger charge is -2.19. The van der Waals surface area contributed by atoms with Gasteiger partial charge in [-0.2, -0.15) is 0 Å². The zero-order valence-electron chi connectivity index (χ0n) is 10.2. The van der Waals surface area contributed by atoms with Gasteiger partial charge in [0.1, 0.15) is 12.3 Å². The van der Waals surface area contributed by atoms with Gasteiger partial charge in [0.25, 0.3) is 5.91 Å². The lowest BCUT2D eigenvalue weighted by Crippen LogP contribution is -2.38. The quantitative estimate of drug-likeness (QED) is 0.765. The summed E-state index contributed by atoms with van der Waals surface area (Å²) < 4.78 is 0. The van der Waals surface area contributed by atoms with Crippen LogP contribution in [0.25, 0.3) is 0 Å². The maximum Gasteiger partial charge on any atom is 0.256 e. The van der Waals surface area contributed by atoms with E-state index in [-0.39, 0.29) is 24.1 Å². The van der Waals surface area contributed by atoms with Crippen LogP contribution in [0.2, 0.25) is 0 Å². The van der Waals surface area contributed by atoms with E-state index >= 15 is 0 Å². The minimum atomic E-state index is -0.276. The molecule has 0 aromatic carbocycles. The highest BCUT2D eigenvalue weighted by Gasteiger charge is 2.23. The monoisotopic (exact) mass is 249 g/mol. The van der Waals surface area contributed by atoms with Gasteiger partial charge in [-0.25, -0.2) is 0 Å². The Bertz CT molecular complexity index is 475. The van der Waals surface area contributed by atoms with E-state index in [0.717, 1.165) is 6.42 Å². The van der Waals surface area contributed by atoms with Crippen molar-refractivity contribution in [3.05, 3.63) is 24.0 Å². The number of hydrogen-bond acceptors (Lipinski definition) is 4. The molecule has 2 rings (SSSR count). The second-order valence-electron chi connectivity index (χ2n) is 4.33. The zero-order chi connectivity index (χ0) is 13.1. The summed E-state index contributed by atoms with van der Waals surface area (Å²) in [5.74, 6) is -0.407. The second-order valence-corrected chi connectivity index (χ2v) is 4.33. The van der Waals surface area contributed by atoms with Crippen molar-refractivity contribution < 1.29 is 14.7 Å². The van der Waals surface area contributed by atoms with Gasteiger partial charge in [-0.3, -0.25) is 14.6 Å². The Morgan fingerprint density at radius 1 is 1.39 bits per heavy atom. The smallest absolute Gasteiger partial charge is 0.256 e. The standard InChI is InChI=1S/C12H15N3O3/c1-14-3-2-4-15(8-11(14)17)12(18)9-5-10(16)7-13-6-9/h5-7,16H,2-4,8H2,1H3. The second kappa shape index (κ2) is 5.03. The first-order chi connectivity index (χ1) is 8.58. The molecule has 0 unspecified atom stereocenters. The average molecular weight is 249 g/mol. The highest BCUT2D eigenvalue weighted by molar-refractivity contribution is 5.96. The van der Waals surface area contributed by atoms with Gasteiger partial charge >= 0.3 is 0 Å². The van der Waals surface area contributed by atoms with E-state index < -0.39 is 0 Å². The van der Waals surface area contributed by atoms with Crippen molar-refractivity contribution >= 4 is 11.8 Å². The number of pyridine rings is 1. The van der Waals surface area contributed by atoms with Crippen molar-refractivity contribution in [2.45, 2.75) is 6.42 Å². The largest absolute Gasteiger partial charge is 0.506 e. The normalized spacial score (nSPS) is 16.6. The van der Waals surface area contributed by atoms with Gasteiger partial charge in [-0.05, 0) is 12.5 Å². The van der Waals surface area contributed by atoms with E-state index in [0.29, 0.717) is 18.7 Å². The number of nitrogens with zero attached hydrogens (tertiary/aromatic N) is 3. The van der Waals surface area contributed by atoms with Crippen LogP contribution in [0.1, 0.15) is 16.8 Å². The molecular weight excluding hydrogens is 234 g/mol. The number of hydrogen-bond donors (Lipinski definition) is 1. The minimum Gasteiger partial charge on any atom is -0.506 e. The molecule has 6 heteroatoms. The fraction of sp³-hybridized carbons (Fsp3) is 0.417. The van der Waals surface area contributed by atoms with Gasteiger partial charge in [-0.1, -0.05) is 0 Å². The first-order valence-corrected chi connectivity index (χ1v) is 5.75. The van der Waals surface area contributed by atoms with Gasteiger partial charge < -0.3 is 14.9 Å². The van der Waals surface area contributed by atoms with Gasteiger partial charge in [0.15, 0.2) is 0 Å². The Morgan fingerprint density at radius 2 is 2.17 bits per heavy atom. The van der Waals surface area contributed by atoms with Crippen LogP contribution in [0.3, 0.4) is 0 Å². The Balaban J connectivity index is 2.16. The molecular formula is C12H15N3O3. The minimum absolute atomic E-state index is 0.0564. The molecule has 96 valence electrons.